The molecule has 0 atom stereocenters. The number of benzene rings is 1. The van der Waals surface area contributed by atoms with Crippen molar-refractivity contribution in [3.05, 3.63) is 41.0 Å². The number of hydrogen-bond acceptors (Lipinski definition) is 5. The Morgan fingerprint density at radius 1 is 1.20 bits per heavy atom. The van der Waals surface area contributed by atoms with Crippen molar-refractivity contribution in [3.63, 3.8) is 0 Å². The van der Waals surface area contributed by atoms with Crippen LogP contribution in [-0.2, 0) is 13.5 Å². The summed E-state index contributed by atoms with van der Waals surface area (Å²) in [7, 11) is 1.91. The Hall–Kier alpha value is -2.86. The van der Waals surface area contributed by atoms with E-state index in [0.717, 1.165) is 11.6 Å². The molecule has 0 amide bonds. The standard InChI is InChI=1S/C14H14N6/c1-10-18-19-13(20(10)2)6-7-17-14-11(8-15)4-3-5-12(14)9-16/h3-5,17H,6-7H2,1-2H3. The predicted octanol–water partition coefficient (Wildman–Crippen LogP) is 1.52. The fourth-order valence-electron chi connectivity index (χ4n) is 1.90. The van der Waals surface area contributed by atoms with Gasteiger partial charge in [-0.2, -0.15) is 10.5 Å². The molecule has 0 saturated heterocycles. The first kappa shape index (κ1) is 13.6. The molecule has 0 bridgehead atoms. The number of aromatic nitrogens is 3. The van der Waals surface area contributed by atoms with Gasteiger partial charge in [-0.05, 0) is 19.1 Å². The number of nitrogens with zero attached hydrogens (tertiary/aromatic N) is 5. The zero-order valence-corrected chi connectivity index (χ0v) is 11.4. The van der Waals surface area contributed by atoms with Crippen molar-refractivity contribution in [1.82, 2.24) is 14.8 Å². The lowest BCUT2D eigenvalue weighted by atomic mass is 10.1. The lowest BCUT2D eigenvalue weighted by Crippen LogP contribution is -2.11. The zero-order valence-electron chi connectivity index (χ0n) is 11.4. The minimum atomic E-state index is 0.471. The van der Waals surface area contributed by atoms with Crippen molar-refractivity contribution in [2.45, 2.75) is 13.3 Å². The second kappa shape index (κ2) is 5.85. The molecule has 1 N–H and O–H groups in total. The van der Waals surface area contributed by atoms with E-state index in [2.05, 4.69) is 27.7 Å². The van der Waals surface area contributed by atoms with Gasteiger partial charge in [-0.1, -0.05) is 6.07 Å². The van der Waals surface area contributed by atoms with Gasteiger partial charge >= 0.3 is 0 Å². The number of anilines is 1. The molecule has 6 heteroatoms. The summed E-state index contributed by atoms with van der Waals surface area (Å²) in [5, 5.41) is 29.4. The lowest BCUT2D eigenvalue weighted by molar-refractivity contribution is 0.770. The third-order valence-electron chi connectivity index (χ3n) is 3.14. The third-order valence-corrected chi connectivity index (χ3v) is 3.14. The van der Waals surface area contributed by atoms with Gasteiger partial charge in [0.05, 0.1) is 16.8 Å². The van der Waals surface area contributed by atoms with Crippen LogP contribution in [0.15, 0.2) is 18.2 Å². The molecule has 2 rings (SSSR count). The summed E-state index contributed by atoms with van der Waals surface area (Å²) in [6.07, 6.45) is 0.669. The molecule has 6 nitrogen and oxygen atoms in total. The van der Waals surface area contributed by atoms with Crippen LogP contribution < -0.4 is 5.32 Å². The molecule has 0 aliphatic rings. The van der Waals surface area contributed by atoms with Crippen LogP contribution in [0.25, 0.3) is 0 Å². The second-order valence-corrected chi connectivity index (χ2v) is 4.35. The van der Waals surface area contributed by atoms with Crippen molar-refractivity contribution in [2.75, 3.05) is 11.9 Å². The molecule has 2 aromatic rings. The predicted molar refractivity (Wildman–Crippen MR) is 73.8 cm³/mol. The van der Waals surface area contributed by atoms with Crippen LogP contribution in [0.3, 0.4) is 0 Å². The fraction of sp³-hybridized carbons (Fsp3) is 0.286. The maximum Gasteiger partial charge on any atom is 0.134 e. The molecule has 0 radical (unpaired) electrons. The van der Waals surface area contributed by atoms with Crippen LogP contribution in [0.1, 0.15) is 22.8 Å². The molecule has 20 heavy (non-hydrogen) atoms. The van der Waals surface area contributed by atoms with Crippen molar-refractivity contribution in [1.29, 1.82) is 10.5 Å². The number of rotatable bonds is 4. The molecule has 1 aromatic heterocycles. The lowest BCUT2D eigenvalue weighted by Gasteiger charge is -2.09. The van der Waals surface area contributed by atoms with Gasteiger partial charge in [0.25, 0.3) is 0 Å². The molecule has 0 unspecified atom stereocenters. The van der Waals surface area contributed by atoms with Gasteiger partial charge in [0.15, 0.2) is 0 Å². The van der Waals surface area contributed by atoms with Gasteiger partial charge in [-0.25, -0.2) is 0 Å². The molecule has 1 aromatic carbocycles. The number of nitrogens with one attached hydrogen (secondary N) is 1. The van der Waals surface area contributed by atoms with Crippen molar-refractivity contribution >= 4 is 5.69 Å². The largest absolute Gasteiger partial charge is 0.382 e. The highest BCUT2D eigenvalue weighted by atomic mass is 15.3. The normalized spacial score (nSPS) is 9.80. The summed E-state index contributed by atoms with van der Waals surface area (Å²) >= 11 is 0. The molecule has 0 saturated carbocycles. The third kappa shape index (κ3) is 2.60. The van der Waals surface area contributed by atoms with E-state index in [1.165, 1.54) is 0 Å². The van der Waals surface area contributed by atoms with Gasteiger partial charge in [0.2, 0.25) is 0 Å². The number of hydrogen-bond donors (Lipinski definition) is 1. The van der Waals surface area contributed by atoms with E-state index in [0.29, 0.717) is 29.8 Å². The maximum absolute atomic E-state index is 9.08. The Bertz CT molecular complexity index is 669. The average Bonchev–Trinajstić information content (AvgIpc) is 2.79. The number of para-hydroxylation sites is 1. The van der Waals surface area contributed by atoms with E-state index >= 15 is 0 Å². The quantitative estimate of drug-likeness (QED) is 0.906. The van der Waals surface area contributed by atoms with Gasteiger partial charge in [-0.3, -0.25) is 0 Å². The van der Waals surface area contributed by atoms with E-state index in [4.69, 9.17) is 10.5 Å². The van der Waals surface area contributed by atoms with Crippen LogP contribution in [0.4, 0.5) is 5.69 Å². The van der Waals surface area contributed by atoms with E-state index in [1.807, 2.05) is 18.5 Å². The Kier molecular flexibility index (Phi) is 3.97. The molecular weight excluding hydrogens is 252 g/mol. The van der Waals surface area contributed by atoms with Crippen molar-refractivity contribution in [3.8, 4) is 12.1 Å². The van der Waals surface area contributed by atoms with Gasteiger partial charge in [0, 0.05) is 20.0 Å². The fourth-order valence-corrected chi connectivity index (χ4v) is 1.90. The Morgan fingerprint density at radius 3 is 2.35 bits per heavy atom. The smallest absolute Gasteiger partial charge is 0.134 e. The second-order valence-electron chi connectivity index (χ2n) is 4.35. The summed E-state index contributed by atoms with van der Waals surface area (Å²) in [5.74, 6) is 1.72. The first-order valence-corrected chi connectivity index (χ1v) is 6.19. The summed E-state index contributed by atoms with van der Waals surface area (Å²) in [4.78, 5) is 0. The SMILES string of the molecule is Cc1nnc(CCNc2c(C#N)cccc2C#N)n1C. The summed E-state index contributed by atoms with van der Waals surface area (Å²) < 4.78 is 1.92. The summed E-state index contributed by atoms with van der Waals surface area (Å²) in [6.45, 7) is 2.47. The Morgan fingerprint density at radius 2 is 1.85 bits per heavy atom. The molecular formula is C14H14N6. The highest BCUT2D eigenvalue weighted by Gasteiger charge is 2.09. The highest BCUT2D eigenvalue weighted by Crippen LogP contribution is 2.19. The maximum atomic E-state index is 9.08. The van der Waals surface area contributed by atoms with E-state index in [1.54, 1.807) is 18.2 Å². The topological polar surface area (TPSA) is 90.3 Å². The van der Waals surface area contributed by atoms with Crippen LogP contribution in [0.5, 0.6) is 0 Å². The summed E-state index contributed by atoms with van der Waals surface area (Å²) in [6, 6.07) is 9.26. The Labute approximate surface area is 117 Å². The molecule has 0 aliphatic carbocycles. The van der Waals surface area contributed by atoms with Gasteiger partial charge < -0.3 is 9.88 Å². The van der Waals surface area contributed by atoms with E-state index in [-0.39, 0.29) is 0 Å². The van der Waals surface area contributed by atoms with E-state index < -0.39 is 0 Å². The van der Waals surface area contributed by atoms with Crippen molar-refractivity contribution in [2.24, 2.45) is 7.05 Å². The van der Waals surface area contributed by atoms with E-state index in [9.17, 15) is 0 Å². The van der Waals surface area contributed by atoms with Gasteiger partial charge in [-0.15, -0.1) is 10.2 Å². The molecule has 0 fully saturated rings. The van der Waals surface area contributed by atoms with Crippen LogP contribution in [0.2, 0.25) is 0 Å². The van der Waals surface area contributed by atoms with Gasteiger partial charge in [0.1, 0.15) is 23.8 Å². The van der Waals surface area contributed by atoms with Crippen LogP contribution in [-0.4, -0.2) is 21.3 Å². The molecule has 100 valence electrons. The molecule has 0 spiro atoms. The monoisotopic (exact) mass is 266 g/mol. The first-order chi connectivity index (χ1) is 9.67. The van der Waals surface area contributed by atoms with Crippen LogP contribution in [0, 0.1) is 29.6 Å². The summed E-state index contributed by atoms with van der Waals surface area (Å²) in [5.41, 5.74) is 1.52. The molecule has 1 heterocycles. The first-order valence-electron chi connectivity index (χ1n) is 6.19. The number of aryl methyl sites for hydroxylation is 1. The van der Waals surface area contributed by atoms with Crippen molar-refractivity contribution < 1.29 is 0 Å². The highest BCUT2D eigenvalue weighted by molar-refractivity contribution is 5.66. The molecule has 0 aliphatic heterocycles. The number of nitriles is 2. The average molecular weight is 266 g/mol. The Balaban J connectivity index is 2.10. The minimum Gasteiger partial charge on any atom is -0.382 e. The zero-order chi connectivity index (χ0) is 14.5. The van der Waals surface area contributed by atoms with Crippen LogP contribution >= 0.6 is 0 Å². The minimum absolute atomic E-state index is 0.471.